The number of fused-ring (bicyclic) bond motifs is 2. The summed E-state index contributed by atoms with van der Waals surface area (Å²) in [5, 5.41) is 0. The number of ether oxygens (including phenoxy) is 1. The van der Waals surface area contributed by atoms with E-state index < -0.39 is 10.2 Å². The summed E-state index contributed by atoms with van der Waals surface area (Å²) in [4.78, 5) is 2.23. The molecule has 0 bridgehead atoms. The molecule has 2 aromatic carbocycles. The lowest BCUT2D eigenvalue weighted by molar-refractivity contribution is -2.00. The van der Waals surface area contributed by atoms with Crippen LogP contribution in [-0.2, 0) is 6.54 Å². The highest BCUT2D eigenvalue weighted by Crippen LogP contribution is 2.39. The van der Waals surface area contributed by atoms with E-state index in [4.69, 9.17) is 27.8 Å². The number of hydrogen-bond acceptors (Lipinski definition) is 7. The van der Waals surface area contributed by atoms with Crippen molar-refractivity contribution in [3.05, 3.63) is 83.6 Å². The molecule has 9 heteroatoms. The van der Waals surface area contributed by atoms with Gasteiger partial charge in [-0.15, -0.1) is 10.2 Å². The SMILES string of the molecule is CCN1/C(=C/C2=CC(=C\c3oc4ccccc4[n+]3CC)/CCC2)Oc2ccccc21.[O-][Cl+3]([O-])([O-])[O-]. The zero-order chi connectivity index (χ0) is 25.0. The largest absolute Gasteiger partial charge is 0.439 e. The molecular weight excluding hydrogens is 472 g/mol. The Labute approximate surface area is 206 Å². The average molecular weight is 499 g/mol. The Morgan fingerprint density at radius 2 is 1.69 bits per heavy atom. The van der Waals surface area contributed by atoms with Gasteiger partial charge < -0.3 is 14.1 Å². The molecule has 0 unspecified atom stereocenters. The quantitative estimate of drug-likeness (QED) is 0.496. The predicted molar refractivity (Wildman–Crippen MR) is 120 cm³/mol. The molecule has 0 fully saturated rings. The topological polar surface area (TPSA) is 122 Å². The summed E-state index contributed by atoms with van der Waals surface area (Å²) in [6.07, 6.45) is 9.95. The number of hydrogen-bond donors (Lipinski definition) is 0. The van der Waals surface area contributed by atoms with Crippen LogP contribution in [0.1, 0.15) is 39.0 Å². The van der Waals surface area contributed by atoms with E-state index in [1.807, 2.05) is 24.3 Å². The zero-order valence-corrected chi connectivity index (χ0v) is 20.4. The monoisotopic (exact) mass is 498 g/mol. The molecule has 1 aliphatic heterocycles. The predicted octanol–water partition coefficient (Wildman–Crippen LogP) is 1.24. The third kappa shape index (κ3) is 6.11. The fraction of sp³-hybridized carbons (Fsp3) is 0.269. The second-order valence-electron chi connectivity index (χ2n) is 8.12. The van der Waals surface area contributed by atoms with Gasteiger partial charge in [0.05, 0.1) is 11.8 Å². The van der Waals surface area contributed by atoms with Crippen LogP contribution in [0.3, 0.4) is 0 Å². The summed E-state index contributed by atoms with van der Waals surface area (Å²) in [6.45, 7) is 6.08. The fourth-order valence-electron chi connectivity index (χ4n) is 4.40. The lowest BCUT2D eigenvalue weighted by atomic mass is 9.94. The molecule has 1 aromatic heterocycles. The number of aromatic nitrogens is 1. The molecule has 5 rings (SSSR count). The van der Waals surface area contributed by atoms with Crippen molar-refractivity contribution in [2.45, 2.75) is 39.7 Å². The van der Waals surface area contributed by atoms with Crippen molar-refractivity contribution in [2.75, 3.05) is 11.4 Å². The molecule has 0 spiro atoms. The first-order valence-electron chi connectivity index (χ1n) is 11.5. The summed E-state index contributed by atoms with van der Waals surface area (Å²) >= 11 is 0. The number of anilines is 1. The van der Waals surface area contributed by atoms with Crippen LogP contribution in [0.2, 0.25) is 0 Å². The minimum Gasteiger partial charge on any atom is -0.439 e. The molecule has 0 saturated carbocycles. The second kappa shape index (κ2) is 10.6. The van der Waals surface area contributed by atoms with Gasteiger partial charge in [0, 0.05) is 18.7 Å². The van der Waals surface area contributed by atoms with Crippen LogP contribution in [0.25, 0.3) is 17.2 Å². The molecule has 0 N–H and O–H groups in total. The lowest BCUT2D eigenvalue weighted by Crippen LogP contribution is -2.68. The standard InChI is InChI=1S/C26H27N2O2.ClHO4/c1-3-27-21-12-5-7-14-23(21)29-25(27)17-19-10-9-11-20(16-19)18-26-28(4-2)22-13-6-8-15-24(22)30-26;2-1(3,4)5/h5-8,12-18H,3-4,9-11H2,1-2H3;(H,2,3,4,5)/q+1;/p-1. The van der Waals surface area contributed by atoms with Gasteiger partial charge in [-0.3, -0.25) is 0 Å². The number of rotatable bonds is 4. The molecule has 0 atom stereocenters. The smallest absolute Gasteiger partial charge is 0.374 e. The maximum Gasteiger partial charge on any atom is 0.374 e. The first-order valence-corrected chi connectivity index (χ1v) is 12.7. The van der Waals surface area contributed by atoms with Crippen molar-refractivity contribution in [1.82, 2.24) is 0 Å². The van der Waals surface area contributed by atoms with Gasteiger partial charge in [0.2, 0.25) is 11.5 Å². The van der Waals surface area contributed by atoms with Gasteiger partial charge in [-0.1, -0.05) is 30.3 Å². The highest BCUT2D eigenvalue weighted by Gasteiger charge is 2.25. The van der Waals surface area contributed by atoms with Gasteiger partial charge in [0.15, 0.2) is 5.75 Å². The third-order valence-corrected chi connectivity index (χ3v) is 5.83. The molecule has 2 heterocycles. The number of halogens is 1. The first-order chi connectivity index (χ1) is 16.8. The van der Waals surface area contributed by atoms with Crippen molar-refractivity contribution < 1.29 is 42.6 Å². The van der Waals surface area contributed by atoms with E-state index >= 15 is 0 Å². The number of para-hydroxylation sites is 4. The molecule has 1 aliphatic carbocycles. The van der Waals surface area contributed by atoms with E-state index in [-0.39, 0.29) is 0 Å². The van der Waals surface area contributed by atoms with Crippen molar-refractivity contribution in [3.63, 3.8) is 0 Å². The van der Waals surface area contributed by atoms with Crippen LogP contribution in [0.5, 0.6) is 5.75 Å². The van der Waals surface area contributed by atoms with E-state index in [2.05, 4.69) is 65.8 Å². The Kier molecular flexibility index (Phi) is 7.59. The lowest BCUT2D eigenvalue weighted by Gasteiger charge is -2.17. The van der Waals surface area contributed by atoms with Crippen LogP contribution in [-0.4, -0.2) is 6.54 Å². The number of benzene rings is 2. The average Bonchev–Trinajstić information content (AvgIpc) is 3.34. The Balaban J connectivity index is 0.000000527. The Morgan fingerprint density at radius 1 is 0.971 bits per heavy atom. The number of nitrogens with zero attached hydrogens (tertiary/aromatic N) is 2. The zero-order valence-electron chi connectivity index (χ0n) is 19.6. The van der Waals surface area contributed by atoms with Crippen molar-refractivity contribution in [1.29, 1.82) is 0 Å². The third-order valence-electron chi connectivity index (χ3n) is 5.83. The molecule has 0 amide bonds. The van der Waals surface area contributed by atoms with E-state index in [0.717, 1.165) is 66.7 Å². The van der Waals surface area contributed by atoms with Crippen LogP contribution in [0.15, 0.2) is 82.1 Å². The maximum absolute atomic E-state index is 8.49. The van der Waals surface area contributed by atoms with E-state index in [1.165, 1.54) is 11.1 Å². The highest BCUT2D eigenvalue weighted by atomic mass is 35.7. The van der Waals surface area contributed by atoms with Gasteiger partial charge in [-0.2, -0.15) is 4.57 Å². The molecular formula is C26H27ClN2O6. The number of allylic oxidation sites excluding steroid dienone is 4. The molecule has 2 aliphatic rings. The molecule has 0 radical (unpaired) electrons. The summed E-state index contributed by atoms with van der Waals surface area (Å²) in [6, 6.07) is 16.5. The number of oxazole rings is 1. The van der Waals surface area contributed by atoms with E-state index in [0.29, 0.717) is 0 Å². The minimum absolute atomic E-state index is 0.883. The molecule has 3 aromatic rings. The molecule has 35 heavy (non-hydrogen) atoms. The molecule has 8 nitrogen and oxygen atoms in total. The van der Waals surface area contributed by atoms with Crippen molar-refractivity contribution in [3.8, 4) is 5.75 Å². The van der Waals surface area contributed by atoms with Crippen LogP contribution in [0, 0.1) is 10.2 Å². The Hall–Kier alpha value is -3.14. The van der Waals surface area contributed by atoms with Crippen molar-refractivity contribution >= 4 is 22.9 Å². The maximum atomic E-state index is 8.49. The number of aryl methyl sites for hydroxylation is 1. The van der Waals surface area contributed by atoms with Gasteiger partial charge >= 0.3 is 5.89 Å². The fourth-order valence-corrected chi connectivity index (χ4v) is 4.40. The van der Waals surface area contributed by atoms with Crippen LogP contribution >= 0.6 is 0 Å². The van der Waals surface area contributed by atoms with Gasteiger partial charge in [0.25, 0.3) is 5.52 Å². The summed E-state index contributed by atoms with van der Waals surface area (Å²) in [5.74, 6) is 2.76. The summed E-state index contributed by atoms with van der Waals surface area (Å²) in [5.41, 5.74) is 5.82. The summed E-state index contributed by atoms with van der Waals surface area (Å²) < 4.78 is 48.5. The molecule has 0 saturated heterocycles. The molecule has 184 valence electrons. The summed E-state index contributed by atoms with van der Waals surface area (Å²) in [7, 11) is -4.94. The normalized spacial score (nSPS) is 17.8. The first kappa shape index (κ1) is 25.0. The van der Waals surface area contributed by atoms with Gasteiger partial charge in [-0.25, -0.2) is 18.6 Å². The van der Waals surface area contributed by atoms with E-state index in [9.17, 15) is 0 Å². The minimum atomic E-state index is -4.94. The van der Waals surface area contributed by atoms with Crippen LogP contribution < -0.4 is 32.8 Å². The Bertz CT molecular complexity index is 1280. The second-order valence-corrected chi connectivity index (χ2v) is 8.87. The Morgan fingerprint density at radius 3 is 2.43 bits per heavy atom. The van der Waals surface area contributed by atoms with Crippen molar-refractivity contribution in [2.24, 2.45) is 0 Å². The van der Waals surface area contributed by atoms with Gasteiger partial charge in [0.1, 0.15) is 6.54 Å². The van der Waals surface area contributed by atoms with E-state index in [1.54, 1.807) is 0 Å². The van der Waals surface area contributed by atoms with Gasteiger partial charge in [-0.05, 0) is 62.5 Å². The van der Waals surface area contributed by atoms with Crippen LogP contribution in [0.4, 0.5) is 5.69 Å². The highest BCUT2D eigenvalue weighted by molar-refractivity contribution is 5.70.